The van der Waals surface area contributed by atoms with E-state index in [1.54, 1.807) is 4.68 Å². The molecule has 2 rings (SSSR count). The van der Waals surface area contributed by atoms with Crippen LogP contribution in [0.2, 0.25) is 0 Å². The standard InChI is InChI=1S/C13H21N3O/c1-4-11-7-5-6-8-16(11)13(17)12-9-10(2)15(3)14-12/h9,11H,4-8H2,1-3H3. The molecule has 1 aromatic rings. The fraction of sp³-hybridized carbons (Fsp3) is 0.692. The summed E-state index contributed by atoms with van der Waals surface area (Å²) < 4.78 is 1.76. The summed E-state index contributed by atoms with van der Waals surface area (Å²) in [5.41, 5.74) is 1.61. The van der Waals surface area contributed by atoms with Gasteiger partial charge in [0.05, 0.1) is 0 Å². The Hall–Kier alpha value is -1.32. The van der Waals surface area contributed by atoms with Crippen molar-refractivity contribution in [1.82, 2.24) is 14.7 Å². The van der Waals surface area contributed by atoms with Crippen molar-refractivity contribution in [1.29, 1.82) is 0 Å². The minimum atomic E-state index is 0.0975. The average Bonchev–Trinajstić information content (AvgIpc) is 2.68. The molecule has 0 radical (unpaired) electrons. The Bertz CT molecular complexity index is 391. The van der Waals surface area contributed by atoms with Gasteiger partial charge in [0.25, 0.3) is 5.91 Å². The molecule has 1 atom stereocenters. The zero-order chi connectivity index (χ0) is 12.4. The van der Waals surface area contributed by atoms with Gasteiger partial charge in [-0.05, 0) is 38.7 Å². The summed E-state index contributed by atoms with van der Waals surface area (Å²) in [6, 6.07) is 2.28. The summed E-state index contributed by atoms with van der Waals surface area (Å²) in [6.07, 6.45) is 4.53. The minimum Gasteiger partial charge on any atom is -0.334 e. The Morgan fingerprint density at radius 2 is 2.29 bits per heavy atom. The number of carbonyl (C=O) groups excluding carboxylic acids is 1. The summed E-state index contributed by atoms with van der Waals surface area (Å²) in [4.78, 5) is 14.4. The summed E-state index contributed by atoms with van der Waals surface area (Å²) in [6.45, 7) is 5.00. The Morgan fingerprint density at radius 1 is 1.53 bits per heavy atom. The van der Waals surface area contributed by atoms with Crippen LogP contribution in [0, 0.1) is 6.92 Å². The van der Waals surface area contributed by atoms with Crippen LogP contribution in [0.4, 0.5) is 0 Å². The van der Waals surface area contributed by atoms with E-state index in [0.29, 0.717) is 11.7 Å². The molecule has 0 aromatic carbocycles. The number of rotatable bonds is 2. The van der Waals surface area contributed by atoms with E-state index < -0.39 is 0 Å². The second-order valence-electron chi connectivity index (χ2n) is 4.85. The molecule has 1 aliphatic rings. The summed E-state index contributed by atoms with van der Waals surface area (Å²) >= 11 is 0. The van der Waals surface area contributed by atoms with Crippen molar-refractivity contribution < 1.29 is 4.79 Å². The number of carbonyl (C=O) groups is 1. The third-order valence-corrected chi connectivity index (χ3v) is 3.69. The largest absolute Gasteiger partial charge is 0.334 e. The molecule has 4 nitrogen and oxygen atoms in total. The van der Waals surface area contributed by atoms with E-state index in [9.17, 15) is 4.79 Å². The zero-order valence-corrected chi connectivity index (χ0v) is 10.9. The van der Waals surface area contributed by atoms with Gasteiger partial charge in [0, 0.05) is 25.3 Å². The van der Waals surface area contributed by atoms with E-state index >= 15 is 0 Å². The molecule has 1 unspecified atom stereocenters. The van der Waals surface area contributed by atoms with Crippen molar-refractivity contribution >= 4 is 5.91 Å². The fourth-order valence-corrected chi connectivity index (χ4v) is 2.50. The van der Waals surface area contributed by atoms with Gasteiger partial charge in [0.15, 0.2) is 5.69 Å². The topological polar surface area (TPSA) is 38.1 Å². The normalized spacial score (nSPS) is 20.6. The van der Waals surface area contributed by atoms with Crippen LogP contribution in [0.1, 0.15) is 48.8 Å². The monoisotopic (exact) mass is 235 g/mol. The zero-order valence-electron chi connectivity index (χ0n) is 10.9. The highest BCUT2D eigenvalue weighted by molar-refractivity contribution is 5.92. The molecule has 1 saturated heterocycles. The van der Waals surface area contributed by atoms with Crippen molar-refractivity contribution in [3.05, 3.63) is 17.5 Å². The van der Waals surface area contributed by atoms with Crippen LogP contribution in [0.3, 0.4) is 0 Å². The Kier molecular flexibility index (Phi) is 3.50. The average molecular weight is 235 g/mol. The van der Waals surface area contributed by atoms with Gasteiger partial charge in [0.1, 0.15) is 0 Å². The molecule has 0 aliphatic carbocycles. The van der Waals surface area contributed by atoms with Gasteiger partial charge < -0.3 is 4.90 Å². The van der Waals surface area contributed by atoms with Gasteiger partial charge in [0.2, 0.25) is 0 Å². The lowest BCUT2D eigenvalue weighted by atomic mass is 9.99. The van der Waals surface area contributed by atoms with E-state index in [1.165, 1.54) is 6.42 Å². The lowest BCUT2D eigenvalue weighted by Gasteiger charge is -2.34. The van der Waals surface area contributed by atoms with E-state index in [2.05, 4.69) is 12.0 Å². The van der Waals surface area contributed by atoms with Crippen LogP contribution in [0.5, 0.6) is 0 Å². The van der Waals surface area contributed by atoms with Crippen LogP contribution >= 0.6 is 0 Å². The van der Waals surface area contributed by atoms with Crippen LogP contribution in [-0.2, 0) is 7.05 Å². The highest BCUT2D eigenvalue weighted by Crippen LogP contribution is 2.21. The lowest BCUT2D eigenvalue weighted by Crippen LogP contribution is -2.43. The molecule has 0 N–H and O–H groups in total. The van der Waals surface area contributed by atoms with Gasteiger partial charge in [-0.15, -0.1) is 0 Å². The summed E-state index contributed by atoms with van der Waals surface area (Å²) in [7, 11) is 1.87. The second-order valence-corrected chi connectivity index (χ2v) is 4.85. The maximum atomic E-state index is 12.4. The van der Waals surface area contributed by atoms with Crippen LogP contribution in [-0.4, -0.2) is 33.2 Å². The number of hydrogen-bond donors (Lipinski definition) is 0. The first-order chi connectivity index (χ1) is 8.13. The first kappa shape index (κ1) is 12.1. The second kappa shape index (κ2) is 4.90. The van der Waals surface area contributed by atoms with Crippen LogP contribution < -0.4 is 0 Å². The third-order valence-electron chi connectivity index (χ3n) is 3.69. The highest BCUT2D eigenvalue weighted by atomic mass is 16.2. The maximum absolute atomic E-state index is 12.4. The molecule has 1 aromatic heterocycles. The van der Waals surface area contributed by atoms with Crippen molar-refractivity contribution in [2.45, 2.75) is 45.6 Å². The Morgan fingerprint density at radius 3 is 2.88 bits per heavy atom. The molecule has 1 fully saturated rings. The lowest BCUT2D eigenvalue weighted by molar-refractivity contribution is 0.0601. The van der Waals surface area contributed by atoms with Gasteiger partial charge in [-0.1, -0.05) is 6.92 Å². The fourth-order valence-electron chi connectivity index (χ4n) is 2.50. The third kappa shape index (κ3) is 2.35. The quantitative estimate of drug-likeness (QED) is 0.787. The van der Waals surface area contributed by atoms with Crippen LogP contribution in [0.15, 0.2) is 6.07 Å². The van der Waals surface area contributed by atoms with Crippen molar-refractivity contribution in [3.63, 3.8) is 0 Å². The molecular formula is C13H21N3O. The predicted molar refractivity (Wildman–Crippen MR) is 66.9 cm³/mol. The van der Waals surface area contributed by atoms with Crippen molar-refractivity contribution in [2.24, 2.45) is 7.05 Å². The number of aromatic nitrogens is 2. The maximum Gasteiger partial charge on any atom is 0.274 e. The minimum absolute atomic E-state index is 0.0975. The molecule has 2 heterocycles. The Labute approximate surface area is 103 Å². The molecule has 0 spiro atoms. The van der Waals surface area contributed by atoms with E-state index in [0.717, 1.165) is 31.5 Å². The van der Waals surface area contributed by atoms with E-state index in [1.807, 2.05) is 24.9 Å². The molecule has 4 heteroatoms. The molecule has 0 saturated carbocycles. The highest BCUT2D eigenvalue weighted by Gasteiger charge is 2.27. The van der Waals surface area contributed by atoms with E-state index in [-0.39, 0.29) is 5.91 Å². The van der Waals surface area contributed by atoms with Gasteiger partial charge in [-0.2, -0.15) is 5.10 Å². The molecule has 0 bridgehead atoms. The van der Waals surface area contributed by atoms with Gasteiger partial charge in [-0.3, -0.25) is 9.48 Å². The molecule has 17 heavy (non-hydrogen) atoms. The Balaban J connectivity index is 2.18. The van der Waals surface area contributed by atoms with Gasteiger partial charge in [-0.25, -0.2) is 0 Å². The number of amides is 1. The smallest absolute Gasteiger partial charge is 0.274 e. The molecule has 94 valence electrons. The molecule has 1 amide bonds. The molecule has 1 aliphatic heterocycles. The number of piperidine rings is 1. The van der Waals surface area contributed by atoms with Crippen molar-refractivity contribution in [3.8, 4) is 0 Å². The number of nitrogens with zero attached hydrogens (tertiary/aromatic N) is 3. The number of aryl methyl sites for hydroxylation is 2. The van der Waals surface area contributed by atoms with E-state index in [4.69, 9.17) is 0 Å². The summed E-state index contributed by atoms with van der Waals surface area (Å²) in [5.74, 6) is 0.0975. The van der Waals surface area contributed by atoms with Crippen molar-refractivity contribution in [2.75, 3.05) is 6.54 Å². The first-order valence-electron chi connectivity index (χ1n) is 6.45. The predicted octanol–water partition coefficient (Wildman–Crippen LogP) is 2.13. The first-order valence-corrected chi connectivity index (χ1v) is 6.45. The van der Waals surface area contributed by atoms with Crippen LogP contribution in [0.25, 0.3) is 0 Å². The summed E-state index contributed by atoms with van der Waals surface area (Å²) in [5, 5.41) is 4.28. The SMILES string of the molecule is CCC1CCCCN1C(=O)c1cc(C)n(C)n1. The number of likely N-dealkylation sites (tertiary alicyclic amines) is 1. The molecular weight excluding hydrogens is 214 g/mol. The number of hydrogen-bond acceptors (Lipinski definition) is 2. The van der Waals surface area contributed by atoms with Gasteiger partial charge >= 0.3 is 0 Å².